The Labute approximate surface area is 807 Å². The van der Waals surface area contributed by atoms with Gasteiger partial charge < -0.3 is 28.9 Å². The van der Waals surface area contributed by atoms with Gasteiger partial charge in [-0.1, -0.05) is 374 Å². The molecule has 3 aliphatic rings. The topological polar surface area (TPSA) is 31.4 Å². The number of hydrogen-bond acceptors (Lipinski definition) is 6. The second kappa shape index (κ2) is 38.7. The predicted octanol–water partition coefficient (Wildman–Crippen LogP) is 34.8. The Morgan fingerprint density at radius 1 is 0.206 bits per heavy atom. The molecule has 654 valence electrons. The summed E-state index contributed by atoms with van der Waals surface area (Å²) in [5.74, 6) is 0. The lowest BCUT2D eigenvalue weighted by Crippen LogP contribution is -2.41. The van der Waals surface area contributed by atoms with Gasteiger partial charge in [0.1, 0.15) is 0 Å². The first-order chi connectivity index (χ1) is 66.8. The van der Waals surface area contributed by atoms with Gasteiger partial charge >= 0.3 is 7.12 Å². The van der Waals surface area contributed by atoms with Crippen molar-refractivity contribution in [1.82, 2.24) is 0 Å². The zero-order valence-corrected chi connectivity index (χ0v) is 78.1. The third kappa shape index (κ3) is 18.6. The fraction of sp³-hybridized carbons (Fsp3) is 0.0625. The molecule has 1 fully saturated rings. The third-order valence-electron chi connectivity index (χ3n) is 26.8. The van der Waals surface area contributed by atoms with Gasteiger partial charge in [0.05, 0.1) is 11.2 Å². The van der Waals surface area contributed by atoms with Crippen LogP contribution in [0.25, 0.3) is 100 Å². The van der Waals surface area contributed by atoms with Crippen LogP contribution in [0.2, 0.25) is 0 Å². The lowest BCUT2D eigenvalue weighted by Gasteiger charge is -2.34. The Kier molecular flexibility index (Phi) is 24.7. The van der Waals surface area contributed by atoms with Crippen molar-refractivity contribution in [2.75, 3.05) is 19.6 Å². The highest BCUT2D eigenvalue weighted by Gasteiger charge is 2.52. The maximum Gasteiger partial charge on any atom is 0.494 e. The van der Waals surface area contributed by atoms with E-state index in [1.165, 1.54) is 151 Å². The first-order valence-electron chi connectivity index (χ1n) is 46.8. The van der Waals surface area contributed by atoms with Gasteiger partial charge in [0.2, 0.25) is 0 Å². The second-order valence-electron chi connectivity index (χ2n) is 35.9. The molecule has 6 nitrogen and oxygen atoms in total. The number of nitrogens with zero attached hydrogens (tertiary/aromatic N) is 4. The number of fused-ring (bicyclic) bond motifs is 4. The Hall–Kier alpha value is -15.9. The molecule has 0 aromatic heterocycles. The van der Waals surface area contributed by atoms with E-state index in [4.69, 9.17) is 9.31 Å². The van der Waals surface area contributed by atoms with E-state index in [1.807, 2.05) is 12.1 Å². The molecule has 23 rings (SSSR count). The van der Waals surface area contributed by atoms with Gasteiger partial charge in [-0.15, -0.1) is 0 Å². The van der Waals surface area contributed by atoms with Crippen molar-refractivity contribution in [3.63, 3.8) is 0 Å². The molecule has 136 heavy (non-hydrogen) atoms. The minimum atomic E-state index is -0.386. The number of benzene rings is 20. The fourth-order valence-corrected chi connectivity index (χ4v) is 19.2. The Bertz CT molecular complexity index is 7320. The van der Waals surface area contributed by atoms with Crippen molar-refractivity contribution >= 4 is 96.8 Å². The molecule has 8 heteroatoms. The van der Waals surface area contributed by atoms with E-state index in [9.17, 15) is 0 Å². The summed E-state index contributed by atoms with van der Waals surface area (Å²) in [5, 5.41) is 0. The van der Waals surface area contributed by atoms with E-state index in [0.717, 1.165) is 62.6 Å². The van der Waals surface area contributed by atoms with Crippen LogP contribution in [0.15, 0.2) is 514 Å². The largest absolute Gasteiger partial charge is 0.494 e. The van der Waals surface area contributed by atoms with Gasteiger partial charge in [0, 0.05) is 85.6 Å². The van der Waals surface area contributed by atoms with E-state index in [0.29, 0.717) is 0 Å². The Morgan fingerprint density at radius 3 is 0.632 bits per heavy atom. The highest BCUT2D eigenvalue weighted by Crippen LogP contribution is 2.50. The molecule has 0 N–H and O–H groups in total. The summed E-state index contributed by atoms with van der Waals surface area (Å²) in [6.45, 7) is 8.34. The zero-order valence-electron chi connectivity index (χ0n) is 76.5. The molecule has 0 spiro atoms. The molecule has 3 aliphatic heterocycles. The highest BCUT2D eigenvalue weighted by atomic mass is 79.9. The number of anilines is 12. The van der Waals surface area contributed by atoms with E-state index in [-0.39, 0.29) is 18.3 Å². The average Bonchev–Trinajstić information content (AvgIpc) is 1.07. The summed E-state index contributed by atoms with van der Waals surface area (Å²) in [4.78, 5) is 9.47. The second-order valence-corrected chi connectivity index (χ2v) is 36.9. The summed E-state index contributed by atoms with van der Waals surface area (Å²) >= 11 is 3.67. The molecule has 0 atom stereocenters. The standard InChI is InChI=1S/C61H44N2.C36H34BNO2.C31H22BrN/c1-5-13-44(14-6-1)48-21-31-56(32-22-48)62(57-33-23-49(24-34-57)45-15-7-2-8-16-45)58-35-27-51(28-36-58)53-30-40-61-55(42-53)43-54-41-52(47-19-11-4-12-20-47)29-39-60(54)63(61)59-37-25-50(26-38-59)46-17-9-3-10-18-46;1-35(2)36(3,4)40-37(39-35)31-19-25-34(26-20-31)38(32-21-15-29(16-22-32)27-11-7-5-8-12-27)33-23-17-30(18-24-33)28-13-9-6-10-14-28;32-28-14-18-31-27(21-28)20-26-19-25(23-9-5-2-6-10-23)13-17-30(26)33(31)29-15-11-24(12-16-29)22-7-3-1-4-8-22/h1-42H,43H2;5-26H,1-4H3;1-19,21H,20H2. The van der Waals surface area contributed by atoms with Crippen molar-refractivity contribution in [2.45, 2.75) is 51.7 Å². The van der Waals surface area contributed by atoms with Gasteiger partial charge in [-0.25, -0.2) is 0 Å². The lowest BCUT2D eigenvalue weighted by atomic mass is 9.79. The predicted molar refractivity (Wildman–Crippen MR) is 576 cm³/mol. The van der Waals surface area contributed by atoms with Gasteiger partial charge in [0.25, 0.3) is 0 Å². The zero-order chi connectivity index (χ0) is 91.9. The Morgan fingerprint density at radius 2 is 0.390 bits per heavy atom. The van der Waals surface area contributed by atoms with Crippen molar-refractivity contribution in [2.24, 2.45) is 0 Å². The molecule has 0 radical (unpaired) electrons. The average molecular weight is 1820 g/mol. The number of rotatable bonds is 18. The molecular weight excluding hydrogens is 1720 g/mol. The number of hydrogen-bond donors (Lipinski definition) is 0. The minimum Gasteiger partial charge on any atom is -0.399 e. The SMILES string of the molecule is Brc1ccc2c(c1)Cc1cc(-c3ccccc3)ccc1N2c1ccc(-c2ccccc2)cc1.CC1(C)OB(c2ccc(N(c3ccc(-c4ccccc4)cc3)c3ccc(-c4ccccc4)cc3)cc2)OC1(C)C.c1ccc(-c2ccc(N(c3ccc(-c4ccccc4)cc3)c3ccc(-c4ccc5c(c4)Cc4cc(-c6ccccc6)ccc4N5c4ccc(-c5ccccc5)cc4)cc3)cc2)cc1. The van der Waals surface area contributed by atoms with Crippen LogP contribution in [0.1, 0.15) is 49.9 Å². The molecule has 0 saturated carbocycles. The maximum atomic E-state index is 6.29. The highest BCUT2D eigenvalue weighted by molar-refractivity contribution is 9.10. The lowest BCUT2D eigenvalue weighted by molar-refractivity contribution is 0.00578. The molecule has 20 aromatic carbocycles. The molecule has 0 amide bonds. The van der Waals surface area contributed by atoms with E-state index in [1.54, 1.807) is 0 Å². The van der Waals surface area contributed by atoms with Crippen LogP contribution in [0.3, 0.4) is 0 Å². The van der Waals surface area contributed by atoms with Gasteiger partial charge in [-0.3, -0.25) is 0 Å². The molecule has 0 unspecified atom stereocenters. The number of halogens is 1. The van der Waals surface area contributed by atoms with Crippen LogP contribution in [-0.4, -0.2) is 18.3 Å². The third-order valence-corrected chi connectivity index (χ3v) is 27.2. The Balaban J connectivity index is 0.000000130. The summed E-state index contributed by atoms with van der Waals surface area (Å²) in [6.07, 6.45) is 1.77. The normalized spacial score (nSPS) is 13.0. The summed E-state index contributed by atoms with van der Waals surface area (Å²) in [7, 11) is -0.386. The van der Waals surface area contributed by atoms with Gasteiger partial charge in [0.15, 0.2) is 0 Å². The first-order valence-corrected chi connectivity index (χ1v) is 47.6. The monoisotopic (exact) mass is 1810 g/mol. The van der Waals surface area contributed by atoms with Crippen LogP contribution in [0, 0.1) is 0 Å². The maximum absolute atomic E-state index is 6.29. The van der Waals surface area contributed by atoms with Crippen LogP contribution in [0.4, 0.5) is 68.2 Å². The van der Waals surface area contributed by atoms with E-state index < -0.39 is 0 Å². The van der Waals surface area contributed by atoms with Crippen LogP contribution >= 0.6 is 15.9 Å². The molecule has 0 bridgehead atoms. The molecule has 3 heterocycles. The van der Waals surface area contributed by atoms with Crippen LogP contribution in [0.5, 0.6) is 0 Å². The van der Waals surface area contributed by atoms with Crippen LogP contribution < -0.4 is 25.1 Å². The van der Waals surface area contributed by atoms with Gasteiger partial charge in [-0.2, -0.15) is 0 Å². The smallest absolute Gasteiger partial charge is 0.399 e. The summed E-state index contributed by atoms with van der Waals surface area (Å²) in [6, 6.07) is 183. The van der Waals surface area contributed by atoms with E-state index >= 15 is 0 Å². The van der Waals surface area contributed by atoms with E-state index in [2.05, 4.69) is 561 Å². The molecule has 1 saturated heterocycles. The summed E-state index contributed by atoms with van der Waals surface area (Å²) in [5.41, 5.74) is 41.2. The fourth-order valence-electron chi connectivity index (χ4n) is 18.8. The van der Waals surface area contributed by atoms with Crippen molar-refractivity contribution < 1.29 is 9.31 Å². The summed E-state index contributed by atoms with van der Waals surface area (Å²) < 4.78 is 13.7. The minimum absolute atomic E-state index is 0.372. The molecule has 0 aliphatic carbocycles. The molecule has 20 aromatic rings. The first kappa shape index (κ1) is 86.8. The van der Waals surface area contributed by atoms with Crippen molar-refractivity contribution in [3.05, 3.63) is 536 Å². The van der Waals surface area contributed by atoms with Gasteiger partial charge in [-0.05, 0) is 307 Å². The van der Waals surface area contributed by atoms with Crippen LogP contribution in [-0.2, 0) is 22.2 Å². The van der Waals surface area contributed by atoms with Crippen molar-refractivity contribution in [1.29, 1.82) is 0 Å². The quantitative estimate of drug-likeness (QED) is 0.0796. The van der Waals surface area contributed by atoms with Crippen molar-refractivity contribution in [3.8, 4) is 100 Å². The molecular formula is C128H100BBrN4O2.